The van der Waals surface area contributed by atoms with Crippen molar-refractivity contribution in [3.8, 4) is 23.0 Å². The third-order valence-electron chi connectivity index (χ3n) is 7.19. The first-order valence-electron chi connectivity index (χ1n) is 13.8. The number of benzene rings is 6. The zero-order valence-corrected chi connectivity index (χ0v) is 24.5. The second-order valence-corrected chi connectivity index (χ2v) is 12.3. The van der Waals surface area contributed by atoms with E-state index >= 15 is 0 Å². The molecule has 0 aliphatic heterocycles. The molecule has 0 atom stereocenters. The van der Waals surface area contributed by atoms with Crippen molar-refractivity contribution in [2.24, 2.45) is 0 Å². The summed E-state index contributed by atoms with van der Waals surface area (Å²) in [6.07, 6.45) is 0. The van der Waals surface area contributed by atoms with Crippen LogP contribution in [0.3, 0.4) is 0 Å². The number of fused-ring (bicyclic) bond motifs is 1. The van der Waals surface area contributed by atoms with Crippen LogP contribution in [0.5, 0.6) is 23.0 Å². The Morgan fingerprint density at radius 1 is 0.488 bits per heavy atom. The van der Waals surface area contributed by atoms with Gasteiger partial charge in [0, 0.05) is 21.9 Å². The molecule has 0 bridgehead atoms. The third-order valence-corrected chi connectivity index (χ3v) is 8.98. The third kappa shape index (κ3) is 5.92. The van der Waals surface area contributed by atoms with Gasteiger partial charge in [0.2, 0.25) is 9.84 Å². The molecule has 0 amide bonds. The second-order valence-electron chi connectivity index (χ2n) is 10.3. The Morgan fingerprint density at radius 3 is 1.33 bits per heavy atom. The minimum atomic E-state index is -3.63. The second kappa shape index (κ2) is 11.6. The van der Waals surface area contributed by atoms with Crippen LogP contribution in [0.2, 0.25) is 0 Å². The average molecular weight is 585 g/mol. The van der Waals surface area contributed by atoms with Gasteiger partial charge in [-0.15, -0.1) is 0 Å². The van der Waals surface area contributed by atoms with Gasteiger partial charge in [0.15, 0.2) is 5.78 Å². The van der Waals surface area contributed by atoms with Crippen LogP contribution in [0.25, 0.3) is 10.8 Å². The van der Waals surface area contributed by atoms with Gasteiger partial charge in [-0.25, -0.2) is 8.42 Å². The van der Waals surface area contributed by atoms with E-state index in [0.29, 0.717) is 34.1 Å². The van der Waals surface area contributed by atoms with E-state index in [0.717, 1.165) is 21.9 Å². The number of carbonyl (C=O) groups excluding carboxylic acids is 1. The molecule has 5 nitrogen and oxygen atoms in total. The molecule has 0 unspecified atom stereocenters. The van der Waals surface area contributed by atoms with Crippen LogP contribution in [0.4, 0.5) is 0 Å². The Bertz CT molecular complexity index is 2030. The molecule has 6 aromatic rings. The van der Waals surface area contributed by atoms with Gasteiger partial charge in [-0.1, -0.05) is 71.8 Å². The fraction of sp³-hybridized carbons (Fsp3) is 0.0541. The number of hydrogen-bond donors (Lipinski definition) is 0. The average Bonchev–Trinajstić information content (AvgIpc) is 3.02. The van der Waals surface area contributed by atoms with Crippen molar-refractivity contribution >= 4 is 26.4 Å². The predicted molar refractivity (Wildman–Crippen MR) is 168 cm³/mol. The molecule has 6 rings (SSSR count). The Kier molecular flexibility index (Phi) is 7.53. The first-order valence-corrected chi connectivity index (χ1v) is 15.3. The molecule has 0 heterocycles. The number of ketones is 1. The summed E-state index contributed by atoms with van der Waals surface area (Å²) in [7, 11) is -3.63. The lowest BCUT2D eigenvalue weighted by Crippen LogP contribution is -2.01. The van der Waals surface area contributed by atoms with Crippen LogP contribution in [0, 0.1) is 13.8 Å². The van der Waals surface area contributed by atoms with E-state index < -0.39 is 9.84 Å². The predicted octanol–water partition coefficient (Wildman–Crippen LogP) is 9.11. The molecule has 0 saturated carbocycles. The number of aryl methyl sites for hydroxylation is 2. The van der Waals surface area contributed by atoms with E-state index in [1.165, 1.54) is 0 Å². The van der Waals surface area contributed by atoms with E-state index in [1.807, 2.05) is 74.5 Å². The molecule has 6 heteroatoms. The number of rotatable bonds is 8. The Labute approximate surface area is 250 Å². The van der Waals surface area contributed by atoms with Gasteiger partial charge >= 0.3 is 0 Å². The number of carbonyl (C=O) groups is 1. The normalized spacial score (nSPS) is 11.3. The summed E-state index contributed by atoms with van der Waals surface area (Å²) in [5, 5.41) is 1.68. The lowest BCUT2D eigenvalue weighted by atomic mass is 10.0. The minimum absolute atomic E-state index is 0.0423. The highest BCUT2D eigenvalue weighted by Gasteiger charge is 2.18. The molecule has 0 aliphatic carbocycles. The summed E-state index contributed by atoms with van der Waals surface area (Å²) >= 11 is 0. The van der Waals surface area contributed by atoms with Crippen molar-refractivity contribution in [2.45, 2.75) is 23.6 Å². The Hall–Kier alpha value is -5.20. The molecule has 0 fully saturated rings. The molecule has 0 N–H and O–H groups in total. The zero-order chi connectivity index (χ0) is 30.0. The van der Waals surface area contributed by atoms with Crippen molar-refractivity contribution in [1.29, 1.82) is 0 Å². The van der Waals surface area contributed by atoms with Gasteiger partial charge in [0.05, 0.1) is 9.79 Å². The fourth-order valence-corrected chi connectivity index (χ4v) is 6.03. The van der Waals surface area contributed by atoms with Crippen molar-refractivity contribution in [3.05, 3.63) is 156 Å². The molecule has 0 aromatic heterocycles. The maximum atomic E-state index is 13.0. The van der Waals surface area contributed by atoms with Crippen molar-refractivity contribution in [3.63, 3.8) is 0 Å². The van der Waals surface area contributed by atoms with E-state index in [4.69, 9.17) is 9.47 Å². The minimum Gasteiger partial charge on any atom is -0.457 e. The summed E-state index contributed by atoms with van der Waals surface area (Å²) in [5.41, 5.74) is 3.33. The van der Waals surface area contributed by atoms with Crippen molar-refractivity contribution in [1.82, 2.24) is 0 Å². The summed E-state index contributed by atoms with van der Waals surface area (Å²) in [4.78, 5) is 13.3. The molecule has 0 spiro atoms. The molecule has 43 heavy (non-hydrogen) atoms. The van der Waals surface area contributed by atoms with Crippen LogP contribution in [0.15, 0.2) is 143 Å². The highest BCUT2D eigenvalue weighted by atomic mass is 32.2. The Balaban J connectivity index is 1.21. The maximum Gasteiger partial charge on any atom is 0.206 e. The largest absolute Gasteiger partial charge is 0.457 e. The standard InChI is InChI=1S/C37H28O5S/c1-25-9-13-27(14-10-25)37(38)28-15-17-29(18-16-28)41-35-7-3-6-34-33(35)5-4-8-36(34)42-30-19-23-32(24-20-30)43(39,40)31-21-11-26(2)12-22-31/h3-24H,1-2H3. The molecule has 0 saturated heterocycles. The quantitative estimate of drug-likeness (QED) is 0.167. The van der Waals surface area contributed by atoms with Crippen LogP contribution in [0.1, 0.15) is 27.0 Å². The smallest absolute Gasteiger partial charge is 0.206 e. The number of hydrogen-bond acceptors (Lipinski definition) is 5. The van der Waals surface area contributed by atoms with Crippen LogP contribution < -0.4 is 9.47 Å². The van der Waals surface area contributed by atoms with Crippen LogP contribution in [-0.4, -0.2) is 14.2 Å². The van der Waals surface area contributed by atoms with Crippen molar-refractivity contribution in [2.75, 3.05) is 0 Å². The molecule has 212 valence electrons. The Morgan fingerprint density at radius 2 is 0.860 bits per heavy atom. The summed E-state index contributed by atoms with van der Waals surface area (Å²) in [5.74, 6) is 2.32. The zero-order valence-electron chi connectivity index (χ0n) is 23.7. The van der Waals surface area contributed by atoms with E-state index in [-0.39, 0.29) is 15.6 Å². The van der Waals surface area contributed by atoms with Gasteiger partial charge in [-0.3, -0.25) is 4.79 Å². The summed E-state index contributed by atoms with van der Waals surface area (Å²) in [6, 6.07) is 39.2. The van der Waals surface area contributed by atoms with Crippen LogP contribution >= 0.6 is 0 Å². The molecule has 0 aliphatic rings. The number of ether oxygens (including phenoxy) is 2. The van der Waals surface area contributed by atoms with Crippen LogP contribution in [-0.2, 0) is 9.84 Å². The van der Waals surface area contributed by atoms with Gasteiger partial charge in [-0.2, -0.15) is 0 Å². The SMILES string of the molecule is Cc1ccc(C(=O)c2ccc(Oc3cccc4c(Oc5ccc(S(=O)(=O)c6ccc(C)cc6)cc5)cccc34)cc2)cc1. The van der Waals surface area contributed by atoms with E-state index in [1.54, 1.807) is 72.8 Å². The van der Waals surface area contributed by atoms with E-state index in [2.05, 4.69) is 0 Å². The number of sulfone groups is 1. The first-order chi connectivity index (χ1) is 20.8. The lowest BCUT2D eigenvalue weighted by molar-refractivity contribution is 0.103. The van der Waals surface area contributed by atoms with Crippen molar-refractivity contribution < 1.29 is 22.7 Å². The molecular formula is C37H28O5S. The lowest BCUT2D eigenvalue weighted by Gasteiger charge is -2.13. The van der Waals surface area contributed by atoms with Gasteiger partial charge in [0.25, 0.3) is 0 Å². The maximum absolute atomic E-state index is 13.0. The summed E-state index contributed by atoms with van der Waals surface area (Å²) < 4.78 is 38.5. The summed E-state index contributed by atoms with van der Waals surface area (Å²) in [6.45, 7) is 3.90. The highest BCUT2D eigenvalue weighted by molar-refractivity contribution is 7.91. The van der Waals surface area contributed by atoms with Gasteiger partial charge in [0.1, 0.15) is 23.0 Å². The monoisotopic (exact) mass is 584 g/mol. The fourth-order valence-electron chi connectivity index (χ4n) is 4.77. The molecule has 6 aromatic carbocycles. The van der Waals surface area contributed by atoms with E-state index in [9.17, 15) is 13.2 Å². The first kappa shape index (κ1) is 27.9. The molecular weight excluding hydrogens is 556 g/mol. The molecule has 0 radical (unpaired) electrons. The van der Waals surface area contributed by atoms with Gasteiger partial charge in [-0.05, 0) is 86.6 Å². The topological polar surface area (TPSA) is 69.7 Å². The highest BCUT2D eigenvalue weighted by Crippen LogP contribution is 2.37. The van der Waals surface area contributed by atoms with Gasteiger partial charge < -0.3 is 9.47 Å².